The Morgan fingerprint density at radius 1 is 1.27 bits per heavy atom. The molecular weight excluding hydrogens is 422 g/mol. The standard InChI is InChI=1S/C22H22ClN3O3S/c1-12-7-15(8-13(2)21(12)28)11-24-26-20(27)10-19-14(3)25-22(30-19)17-6-5-16(23)9-18(17)29-4/h5-9,11,28H,10H2,1-4H3,(H,26,27). The lowest BCUT2D eigenvalue weighted by Crippen LogP contribution is -2.19. The van der Waals surface area contributed by atoms with Crippen molar-refractivity contribution in [3.05, 3.63) is 62.6 Å². The third-order valence-electron chi connectivity index (χ3n) is 4.52. The van der Waals surface area contributed by atoms with Gasteiger partial charge >= 0.3 is 0 Å². The summed E-state index contributed by atoms with van der Waals surface area (Å²) >= 11 is 7.47. The number of phenols is 1. The number of rotatable bonds is 6. The number of aromatic hydroxyl groups is 1. The van der Waals surface area contributed by atoms with Gasteiger partial charge in [0, 0.05) is 9.90 Å². The van der Waals surface area contributed by atoms with E-state index in [0.29, 0.717) is 10.8 Å². The Morgan fingerprint density at radius 3 is 2.63 bits per heavy atom. The molecule has 2 aromatic carbocycles. The molecule has 8 heteroatoms. The number of carbonyl (C=O) groups excluding carboxylic acids is 1. The monoisotopic (exact) mass is 443 g/mol. The highest BCUT2D eigenvalue weighted by atomic mass is 35.5. The van der Waals surface area contributed by atoms with Crippen molar-refractivity contribution in [2.75, 3.05) is 7.11 Å². The normalized spacial score (nSPS) is 11.1. The van der Waals surface area contributed by atoms with E-state index in [1.54, 1.807) is 37.6 Å². The Labute approximate surface area is 184 Å². The first kappa shape index (κ1) is 21.8. The van der Waals surface area contributed by atoms with Crippen LogP contribution in [0.25, 0.3) is 10.6 Å². The molecule has 0 spiro atoms. The van der Waals surface area contributed by atoms with E-state index < -0.39 is 0 Å². The average Bonchev–Trinajstić information content (AvgIpc) is 3.05. The molecule has 1 aromatic heterocycles. The van der Waals surface area contributed by atoms with Gasteiger partial charge in [-0.05, 0) is 67.8 Å². The summed E-state index contributed by atoms with van der Waals surface area (Å²) in [6, 6.07) is 8.98. The molecule has 0 aliphatic carbocycles. The molecule has 0 unspecified atom stereocenters. The number of methoxy groups -OCH3 is 1. The summed E-state index contributed by atoms with van der Waals surface area (Å²) in [4.78, 5) is 17.8. The zero-order valence-corrected chi connectivity index (χ0v) is 18.7. The average molecular weight is 444 g/mol. The number of hydrogen-bond donors (Lipinski definition) is 2. The first-order valence-electron chi connectivity index (χ1n) is 9.20. The van der Waals surface area contributed by atoms with Crippen molar-refractivity contribution in [2.45, 2.75) is 27.2 Å². The Bertz CT molecular complexity index is 1100. The number of halogens is 1. The number of thiazole rings is 1. The van der Waals surface area contributed by atoms with Gasteiger partial charge in [0.15, 0.2) is 0 Å². The van der Waals surface area contributed by atoms with Gasteiger partial charge in [-0.3, -0.25) is 4.79 Å². The SMILES string of the molecule is COc1cc(Cl)ccc1-c1nc(C)c(CC(=O)NN=Cc2cc(C)c(O)c(C)c2)s1. The van der Waals surface area contributed by atoms with Gasteiger partial charge in [0.2, 0.25) is 5.91 Å². The molecule has 1 amide bonds. The Hall–Kier alpha value is -2.90. The van der Waals surface area contributed by atoms with Gasteiger partial charge in [-0.2, -0.15) is 5.10 Å². The van der Waals surface area contributed by atoms with E-state index in [-0.39, 0.29) is 18.1 Å². The van der Waals surface area contributed by atoms with Crippen LogP contribution in [0, 0.1) is 20.8 Å². The predicted octanol–water partition coefficient (Wildman–Crippen LogP) is 4.80. The topological polar surface area (TPSA) is 83.8 Å². The highest BCUT2D eigenvalue weighted by Crippen LogP contribution is 2.36. The molecule has 0 radical (unpaired) electrons. The van der Waals surface area contributed by atoms with Crippen molar-refractivity contribution in [1.82, 2.24) is 10.4 Å². The number of nitrogens with one attached hydrogen (secondary N) is 1. The third-order valence-corrected chi connectivity index (χ3v) is 5.95. The Balaban J connectivity index is 1.69. The summed E-state index contributed by atoms with van der Waals surface area (Å²) in [5.74, 6) is 0.668. The van der Waals surface area contributed by atoms with Crippen molar-refractivity contribution in [1.29, 1.82) is 0 Å². The van der Waals surface area contributed by atoms with E-state index in [1.165, 1.54) is 11.3 Å². The number of aromatic nitrogens is 1. The lowest BCUT2D eigenvalue weighted by atomic mass is 10.1. The fraction of sp³-hybridized carbons (Fsp3) is 0.227. The van der Waals surface area contributed by atoms with E-state index >= 15 is 0 Å². The third kappa shape index (κ3) is 4.98. The summed E-state index contributed by atoms with van der Waals surface area (Å²) in [7, 11) is 1.58. The van der Waals surface area contributed by atoms with Crippen molar-refractivity contribution >= 4 is 35.1 Å². The highest BCUT2D eigenvalue weighted by Gasteiger charge is 2.16. The number of phenolic OH excluding ortho intramolecular Hbond substituents is 1. The molecule has 0 bridgehead atoms. The largest absolute Gasteiger partial charge is 0.507 e. The number of aryl methyl sites for hydroxylation is 3. The number of amides is 1. The van der Waals surface area contributed by atoms with Crippen LogP contribution in [0.1, 0.15) is 27.3 Å². The van der Waals surface area contributed by atoms with Crippen LogP contribution < -0.4 is 10.2 Å². The van der Waals surface area contributed by atoms with E-state index in [4.69, 9.17) is 16.3 Å². The Kier molecular flexibility index (Phi) is 6.74. The number of hydrogen-bond acceptors (Lipinski definition) is 6. The fourth-order valence-electron chi connectivity index (χ4n) is 2.98. The molecule has 30 heavy (non-hydrogen) atoms. The first-order valence-corrected chi connectivity index (χ1v) is 10.4. The van der Waals surface area contributed by atoms with Crippen LogP contribution in [-0.4, -0.2) is 29.3 Å². The molecule has 0 atom stereocenters. The number of benzene rings is 2. The number of carbonyl (C=O) groups is 1. The summed E-state index contributed by atoms with van der Waals surface area (Å²) in [5.41, 5.74) is 6.48. The molecule has 3 aromatic rings. The van der Waals surface area contributed by atoms with Gasteiger partial charge in [0.05, 0.1) is 31.0 Å². The number of hydrazone groups is 1. The van der Waals surface area contributed by atoms with E-state index in [2.05, 4.69) is 15.5 Å². The van der Waals surface area contributed by atoms with E-state index in [1.807, 2.05) is 26.8 Å². The zero-order valence-electron chi connectivity index (χ0n) is 17.1. The molecule has 0 saturated heterocycles. The molecule has 6 nitrogen and oxygen atoms in total. The molecule has 0 fully saturated rings. The van der Waals surface area contributed by atoms with Crippen LogP contribution in [0.4, 0.5) is 0 Å². The second-order valence-corrected chi connectivity index (χ2v) is 8.37. The maximum absolute atomic E-state index is 12.3. The first-order chi connectivity index (χ1) is 14.3. The second-order valence-electron chi connectivity index (χ2n) is 6.85. The van der Waals surface area contributed by atoms with Gasteiger partial charge in [-0.25, -0.2) is 10.4 Å². The summed E-state index contributed by atoms with van der Waals surface area (Å²) in [5, 5.41) is 15.2. The summed E-state index contributed by atoms with van der Waals surface area (Å²) in [6.45, 7) is 5.51. The van der Waals surface area contributed by atoms with Gasteiger partial charge in [0.1, 0.15) is 16.5 Å². The molecular formula is C22H22ClN3O3S. The molecule has 156 valence electrons. The lowest BCUT2D eigenvalue weighted by Gasteiger charge is -2.05. The Morgan fingerprint density at radius 2 is 1.97 bits per heavy atom. The molecule has 0 aliphatic heterocycles. The minimum absolute atomic E-state index is 0.171. The molecule has 3 rings (SSSR count). The highest BCUT2D eigenvalue weighted by molar-refractivity contribution is 7.15. The van der Waals surface area contributed by atoms with Crippen LogP contribution in [-0.2, 0) is 11.2 Å². The lowest BCUT2D eigenvalue weighted by molar-refractivity contribution is -0.120. The molecule has 0 saturated carbocycles. The minimum Gasteiger partial charge on any atom is -0.507 e. The smallest absolute Gasteiger partial charge is 0.245 e. The maximum Gasteiger partial charge on any atom is 0.245 e. The van der Waals surface area contributed by atoms with Crippen molar-refractivity contribution in [3.8, 4) is 22.1 Å². The molecule has 0 aliphatic rings. The van der Waals surface area contributed by atoms with Crippen molar-refractivity contribution in [3.63, 3.8) is 0 Å². The van der Waals surface area contributed by atoms with Crippen LogP contribution >= 0.6 is 22.9 Å². The number of ether oxygens (including phenoxy) is 1. The minimum atomic E-state index is -0.236. The summed E-state index contributed by atoms with van der Waals surface area (Å²) in [6.07, 6.45) is 1.73. The quantitative estimate of drug-likeness (QED) is 0.423. The maximum atomic E-state index is 12.3. The molecule has 2 N–H and O–H groups in total. The van der Waals surface area contributed by atoms with Crippen molar-refractivity contribution < 1.29 is 14.6 Å². The van der Waals surface area contributed by atoms with E-state index in [9.17, 15) is 9.90 Å². The van der Waals surface area contributed by atoms with Gasteiger partial charge in [-0.15, -0.1) is 11.3 Å². The predicted molar refractivity (Wildman–Crippen MR) is 121 cm³/mol. The second kappa shape index (κ2) is 9.28. The van der Waals surface area contributed by atoms with Gasteiger partial charge in [-0.1, -0.05) is 11.6 Å². The fourth-order valence-corrected chi connectivity index (χ4v) is 4.23. The van der Waals surface area contributed by atoms with Crippen LogP contribution in [0.3, 0.4) is 0 Å². The van der Waals surface area contributed by atoms with E-state index in [0.717, 1.165) is 37.8 Å². The van der Waals surface area contributed by atoms with Crippen molar-refractivity contribution in [2.24, 2.45) is 5.10 Å². The van der Waals surface area contributed by atoms with Crippen LogP contribution in [0.2, 0.25) is 5.02 Å². The van der Waals surface area contributed by atoms with Gasteiger partial charge < -0.3 is 9.84 Å². The summed E-state index contributed by atoms with van der Waals surface area (Å²) < 4.78 is 5.40. The van der Waals surface area contributed by atoms with Crippen LogP contribution in [0.15, 0.2) is 35.4 Å². The number of nitrogens with zero attached hydrogens (tertiary/aromatic N) is 2. The zero-order chi connectivity index (χ0) is 21.8. The van der Waals surface area contributed by atoms with Gasteiger partial charge in [0.25, 0.3) is 0 Å². The van der Waals surface area contributed by atoms with Crippen LogP contribution in [0.5, 0.6) is 11.5 Å². The molecule has 1 heterocycles.